The van der Waals surface area contributed by atoms with Crippen molar-refractivity contribution in [1.82, 2.24) is 19.5 Å². The first-order valence-corrected chi connectivity index (χ1v) is 6.05. The number of imidazole rings is 1. The van der Waals surface area contributed by atoms with Gasteiger partial charge in [-0.05, 0) is 25.1 Å². The Labute approximate surface area is 110 Å². The SMILES string of the molecule is Cc1nc2cc(-c3ccnc(CO)n3)ccc2n1C. The van der Waals surface area contributed by atoms with E-state index in [-0.39, 0.29) is 6.61 Å². The zero-order valence-corrected chi connectivity index (χ0v) is 10.8. The highest BCUT2D eigenvalue weighted by molar-refractivity contribution is 5.81. The molecule has 0 spiro atoms. The maximum absolute atomic E-state index is 9.08. The summed E-state index contributed by atoms with van der Waals surface area (Å²) in [6.07, 6.45) is 1.65. The fraction of sp³-hybridized carbons (Fsp3) is 0.214. The Hall–Kier alpha value is -2.27. The number of rotatable bonds is 2. The smallest absolute Gasteiger partial charge is 0.154 e. The summed E-state index contributed by atoms with van der Waals surface area (Å²) in [7, 11) is 2.00. The van der Waals surface area contributed by atoms with Crippen molar-refractivity contribution < 1.29 is 5.11 Å². The number of aryl methyl sites for hydroxylation is 2. The monoisotopic (exact) mass is 254 g/mol. The number of fused-ring (bicyclic) bond motifs is 1. The lowest BCUT2D eigenvalue weighted by Gasteiger charge is -2.03. The van der Waals surface area contributed by atoms with Crippen molar-refractivity contribution in [2.45, 2.75) is 13.5 Å². The van der Waals surface area contributed by atoms with Gasteiger partial charge in [-0.15, -0.1) is 0 Å². The third-order valence-corrected chi connectivity index (χ3v) is 3.25. The summed E-state index contributed by atoms with van der Waals surface area (Å²) in [5.41, 5.74) is 3.81. The maximum Gasteiger partial charge on any atom is 0.154 e. The van der Waals surface area contributed by atoms with E-state index in [0.29, 0.717) is 5.82 Å². The summed E-state index contributed by atoms with van der Waals surface area (Å²) < 4.78 is 2.05. The first-order chi connectivity index (χ1) is 9.19. The fourth-order valence-corrected chi connectivity index (χ4v) is 2.12. The molecule has 1 aromatic carbocycles. The van der Waals surface area contributed by atoms with E-state index < -0.39 is 0 Å². The number of benzene rings is 1. The van der Waals surface area contributed by atoms with Gasteiger partial charge in [-0.25, -0.2) is 15.0 Å². The minimum absolute atomic E-state index is 0.154. The van der Waals surface area contributed by atoms with Gasteiger partial charge in [0.2, 0.25) is 0 Å². The maximum atomic E-state index is 9.08. The van der Waals surface area contributed by atoms with Gasteiger partial charge in [-0.1, -0.05) is 6.07 Å². The molecule has 0 bridgehead atoms. The Morgan fingerprint density at radius 2 is 2.05 bits per heavy atom. The number of aliphatic hydroxyl groups is 1. The van der Waals surface area contributed by atoms with Crippen LogP contribution in [0.2, 0.25) is 0 Å². The van der Waals surface area contributed by atoms with Gasteiger partial charge in [-0.2, -0.15) is 0 Å². The number of aliphatic hydroxyl groups excluding tert-OH is 1. The number of hydrogen-bond acceptors (Lipinski definition) is 4. The van der Waals surface area contributed by atoms with Crippen LogP contribution in [0, 0.1) is 6.92 Å². The molecule has 0 aliphatic rings. The fourth-order valence-electron chi connectivity index (χ4n) is 2.12. The van der Waals surface area contributed by atoms with E-state index in [0.717, 1.165) is 28.1 Å². The van der Waals surface area contributed by atoms with Gasteiger partial charge < -0.3 is 9.67 Å². The molecule has 0 amide bonds. The molecule has 0 atom stereocenters. The van der Waals surface area contributed by atoms with Crippen LogP contribution in [0.4, 0.5) is 0 Å². The van der Waals surface area contributed by atoms with Crippen molar-refractivity contribution in [3.8, 4) is 11.3 Å². The van der Waals surface area contributed by atoms with E-state index in [4.69, 9.17) is 5.11 Å². The van der Waals surface area contributed by atoms with Crippen LogP contribution in [-0.2, 0) is 13.7 Å². The van der Waals surface area contributed by atoms with Gasteiger partial charge in [0, 0.05) is 18.8 Å². The largest absolute Gasteiger partial charge is 0.388 e. The predicted octanol–water partition coefficient (Wildman–Crippen LogP) is 1.83. The Bertz CT molecular complexity index is 748. The number of aromatic nitrogens is 4. The Balaban J connectivity index is 2.14. The minimum atomic E-state index is -0.154. The highest BCUT2D eigenvalue weighted by Gasteiger charge is 2.07. The Morgan fingerprint density at radius 1 is 1.21 bits per heavy atom. The second-order valence-corrected chi connectivity index (χ2v) is 4.44. The number of nitrogens with zero attached hydrogens (tertiary/aromatic N) is 4. The summed E-state index contributed by atoms with van der Waals surface area (Å²) in [4.78, 5) is 12.8. The van der Waals surface area contributed by atoms with Crippen molar-refractivity contribution in [3.05, 3.63) is 42.1 Å². The van der Waals surface area contributed by atoms with Crippen molar-refractivity contribution >= 4 is 11.0 Å². The first-order valence-electron chi connectivity index (χ1n) is 6.05. The molecular formula is C14H14N4O. The van der Waals surface area contributed by atoms with Crippen molar-refractivity contribution in [2.75, 3.05) is 0 Å². The van der Waals surface area contributed by atoms with Crippen molar-refractivity contribution in [1.29, 1.82) is 0 Å². The molecule has 0 fully saturated rings. The van der Waals surface area contributed by atoms with Crippen LogP contribution in [0.25, 0.3) is 22.3 Å². The van der Waals surface area contributed by atoms with Crippen LogP contribution in [0.1, 0.15) is 11.6 Å². The normalized spacial score (nSPS) is 11.1. The summed E-state index contributed by atoms with van der Waals surface area (Å²) in [5.74, 6) is 1.40. The Kier molecular flexibility index (Phi) is 2.76. The van der Waals surface area contributed by atoms with E-state index in [1.807, 2.05) is 38.2 Å². The molecule has 3 rings (SSSR count). The lowest BCUT2D eigenvalue weighted by Crippen LogP contribution is -1.95. The molecule has 0 saturated heterocycles. The van der Waals surface area contributed by atoms with Gasteiger partial charge >= 0.3 is 0 Å². The van der Waals surface area contributed by atoms with E-state index >= 15 is 0 Å². The molecule has 0 radical (unpaired) electrons. The molecule has 5 heteroatoms. The first kappa shape index (κ1) is 11.8. The quantitative estimate of drug-likeness (QED) is 0.757. The summed E-state index contributed by atoms with van der Waals surface area (Å²) in [6.45, 7) is 1.83. The summed E-state index contributed by atoms with van der Waals surface area (Å²) in [5, 5.41) is 9.08. The highest BCUT2D eigenvalue weighted by atomic mass is 16.3. The lowest BCUT2D eigenvalue weighted by molar-refractivity contribution is 0.271. The highest BCUT2D eigenvalue weighted by Crippen LogP contribution is 2.23. The second-order valence-electron chi connectivity index (χ2n) is 4.44. The average molecular weight is 254 g/mol. The third kappa shape index (κ3) is 1.98. The van der Waals surface area contributed by atoms with Gasteiger partial charge in [0.15, 0.2) is 5.82 Å². The zero-order valence-electron chi connectivity index (χ0n) is 10.8. The zero-order chi connectivity index (χ0) is 13.4. The van der Waals surface area contributed by atoms with Crippen molar-refractivity contribution in [2.24, 2.45) is 7.05 Å². The number of hydrogen-bond donors (Lipinski definition) is 1. The van der Waals surface area contributed by atoms with Crippen LogP contribution < -0.4 is 0 Å². The molecule has 19 heavy (non-hydrogen) atoms. The molecule has 0 aliphatic heterocycles. The van der Waals surface area contributed by atoms with E-state index in [2.05, 4.69) is 19.5 Å². The standard InChI is InChI=1S/C14H14N4O/c1-9-16-12-7-10(3-4-13(12)18(9)2)11-5-6-15-14(8-19)17-11/h3-7,19H,8H2,1-2H3. The van der Waals surface area contributed by atoms with Gasteiger partial charge in [0.25, 0.3) is 0 Å². The van der Waals surface area contributed by atoms with Gasteiger partial charge in [0.1, 0.15) is 12.4 Å². The van der Waals surface area contributed by atoms with E-state index in [1.165, 1.54) is 0 Å². The summed E-state index contributed by atoms with van der Waals surface area (Å²) in [6, 6.07) is 7.88. The topological polar surface area (TPSA) is 63.8 Å². The molecule has 2 aromatic heterocycles. The molecule has 3 aromatic rings. The van der Waals surface area contributed by atoms with E-state index in [9.17, 15) is 0 Å². The molecule has 2 heterocycles. The molecule has 1 N–H and O–H groups in total. The van der Waals surface area contributed by atoms with Crippen LogP contribution in [0.3, 0.4) is 0 Å². The molecule has 0 saturated carbocycles. The predicted molar refractivity (Wildman–Crippen MR) is 72.4 cm³/mol. The van der Waals surface area contributed by atoms with Gasteiger partial charge in [-0.3, -0.25) is 0 Å². The molecule has 0 unspecified atom stereocenters. The van der Waals surface area contributed by atoms with Crippen LogP contribution in [-0.4, -0.2) is 24.6 Å². The second kappa shape index (κ2) is 4.44. The molecule has 96 valence electrons. The summed E-state index contributed by atoms with van der Waals surface area (Å²) >= 11 is 0. The Morgan fingerprint density at radius 3 is 2.84 bits per heavy atom. The van der Waals surface area contributed by atoms with Crippen LogP contribution in [0.15, 0.2) is 30.5 Å². The lowest BCUT2D eigenvalue weighted by atomic mass is 10.1. The van der Waals surface area contributed by atoms with Gasteiger partial charge in [0.05, 0.1) is 16.7 Å². The van der Waals surface area contributed by atoms with E-state index in [1.54, 1.807) is 6.20 Å². The third-order valence-electron chi connectivity index (χ3n) is 3.25. The minimum Gasteiger partial charge on any atom is -0.388 e. The molecular weight excluding hydrogens is 240 g/mol. The van der Waals surface area contributed by atoms with Crippen LogP contribution >= 0.6 is 0 Å². The molecule has 0 aliphatic carbocycles. The average Bonchev–Trinajstić information content (AvgIpc) is 2.73. The van der Waals surface area contributed by atoms with Crippen LogP contribution in [0.5, 0.6) is 0 Å². The molecule has 5 nitrogen and oxygen atoms in total. The van der Waals surface area contributed by atoms with Crippen molar-refractivity contribution in [3.63, 3.8) is 0 Å².